The lowest BCUT2D eigenvalue weighted by molar-refractivity contribution is -0.141. The van der Waals surface area contributed by atoms with Gasteiger partial charge in [0, 0.05) is 25.1 Å². The van der Waals surface area contributed by atoms with E-state index in [4.69, 9.17) is 10.8 Å². The standard InChI is InChI=1S/C13H16N2O4/c14-6-8-1-3-9(4-2-8)12(17)15-7-10(16)5-11(15)13(18)19/h1-4,10-11,16H,5-7,14H2,(H,18,19)/t10-,11-/m0/s1. The van der Waals surface area contributed by atoms with Gasteiger partial charge < -0.3 is 20.8 Å². The first-order chi connectivity index (χ1) is 9.02. The first-order valence-electron chi connectivity index (χ1n) is 6.03. The van der Waals surface area contributed by atoms with Crippen LogP contribution in [0.2, 0.25) is 0 Å². The minimum atomic E-state index is -1.09. The van der Waals surface area contributed by atoms with Crippen molar-refractivity contribution in [1.82, 2.24) is 4.90 Å². The Bertz CT molecular complexity index is 486. The number of nitrogens with two attached hydrogens (primary N) is 1. The highest BCUT2D eigenvalue weighted by molar-refractivity contribution is 5.97. The van der Waals surface area contributed by atoms with E-state index < -0.39 is 18.1 Å². The Hall–Kier alpha value is -1.92. The number of aliphatic hydroxyl groups is 1. The van der Waals surface area contributed by atoms with Gasteiger partial charge in [-0.2, -0.15) is 0 Å². The molecule has 2 atom stereocenters. The summed E-state index contributed by atoms with van der Waals surface area (Å²) >= 11 is 0. The quantitative estimate of drug-likeness (QED) is 0.701. The summed E-state index contributed by atoms with van der Waals surface area (Å²) in [6.45, 7) is 0.434. The number of hydrogen-bond acceptors (Lipinski definition) is 4. The Morgan fingerprint density at radius 3 is 2.47 bits per heavy atom. The van der Waals surface area contributed by atoms with Gasteiger partial charge in [0.2, 0.25) is 0 Å². The van der Waals surface area contributed by atoms with Gasteiger partial charge in [-0.15, -0.1) is 0 Å². The summed E-state index contributed by atoms with van der Waals surface area (Å²) in [6.07, 6.45) is -0.713. The van der Waals surface area contributed by atoms with Crippen LogP contribution in [0, 0.1) is 0 Å². The van der Waals surface area contributed by atoms with Crippen molar-refractivity contribution in [2.75, 3.05) is 6.54 Å². The normalized spacial score (nSPS) is 22.5. The number of amides is 1. The predicted octanol–water partition coefficient (Wildman–Crippen LogP) is -0.195. The average Bonchev–Trinajstić information content (AvgIpc) is 2.80. The molecule has 1 aromatic rings. The highest BCUT2D eigenvalue weighted by atomic mass is 16.4. The molecule has 2 rings (SSSR count). The Kier molecular flexibility index (Phi) is 3.82. The van der Waals surface area contributed by atoms with E-state index in [0.717, 1.165) is 5.56 Å². The van der Waals surface area contributed by atoms with Crippen LogP contribution in [0.4, 0.5) is 0 Å². The summed E-state index contributed by atoms with van der Waals surface area (Å²) in [7, 11) is 0. The molecule has 1 aromatic carbocycles. The third-order valence-electron chi connectivity index (χ3n) is 3.26. The SMILES string of the molecule is NCc1ccc(C(=O)N2C[C@@H](O)C[C@H]2C(=O)O)cc1. The molecule has 6 nitrogen and oxygen atoms in total. The van der Waals surface area contributed by atoms with Gasteiger partial charge in [-0.05, 0) is 17.7 Å². The van der Waals surface area contributed by atoms with Crippen LogP contribution in [-0.2, 0) is 11.3 Å². The molecule has 6 heteroatoms. The van der Waals surface area contributed by atoms with Gasteiger partial charge in [-0.1, -0.05) is 12.1 Å². The van der Waals surface area contributed by atoms with Crippen LogP contribution in [0.1, 0.15) is 22.3 Å². The molecule has 1 fully saturated rings. The fourth-order valence-electron chi connectivity index (χ4n) is 2.22. The Morgan fingerprint density at radius 1 is 1.32 bits per heavy atom. The number of aliphatic carboxylic acids is 1. The molecule has 0 spiro atoms. The number of carbonyl (C=O) groups excluding carboxylic acids is 1. The number of likely N-dealkylation sites (tertiary alicyclic amines) is 1. The van der Waals surface area contributed by atoms with Crippen LogP contribution in [0.3, 0.4) is 0 Å². The number of β-amino-alcohol motifs (C(OH)–C–C–N with tert-alkyl or cyclic N) is 1. The maximum atomic E-state index is 12.2. The van der Waals surface area contributed by atoms with Crippen molar-refractivity contribution < 1.29 is 19.8 Å². The summed E-state index contributed by atoms with van der Waals surface area (Å²) in [5.74, 6) is -1.48. The van der Waals surface area contributed by atoms with Crippen LogP contribution in [0.25, 0.3) is 0 Å². The van der Waals surface area contributed by atoms with Gasteiger partial charge in [-0.25, -0.2) is 4.79 Å². The maximum absolute atomic E-state index is 12.2. The van der Waals surface area contributed by atoms with E-state index >= 15 is 0 Å². The third-order valence-corrected chi connectivity index (χ3v) is 3.26. The molecule has 0 aromatic heterocycles. The largest absolute Gasteiger partial charge is 0.480 e. The van der Waals surface area contributed by atoms with E-state index in [2.05, 4.69) is 0 Å². The zero-order valence-corrected chi connectivity index (χ0v) is 10.3. The molecule has 1 heterocycles. The molecule has 0 saturated carbocycles. The highest BCUT2D eigenvalue weighted by Crippen LogP contribution is 2.21. The number of carboxylic acid groups (broad SMARTS) is 1. The van der Waals surface area contributed by atoms with Crippen LogP contribution in [0.15, 0.2) is 24.3 Å². The van der Waals surface area contributed by atoms with Crippen molar-refractivity contribution in [3.05, 3.63) is 35.4 Å². The topological polar surface area (TPSA) is 104 Å². The second-order valence-corrected chi connectivity index (χ2v) is 4.60. The van der Waals surface area contributed by atoms with E-state index in [1.54, 1.807) is 24.3 Å². The fraction of sp³-hybridized carbons (Fsp3) is 0.385. The monoisotopic (exact) mass is 264 g/mol. The summed E-state index contributed by atoms with van der Waals surface area (Å²) < 4.78 is 0. The molecule has 1 aliphatic heterocycles. The van der Waals surface area contributed by atoms with Gasteiger partial charge >= 0.3 is 5.97 Å². The predicted molar refractivity (Wildman–Crippen MR) is 67.4 cm³/mol. The van der Waals surface area contributed by atoms with Gasteiger partial charge in [0.25, 0.3) is 5.91 Å². The fourth-order valence-corrected chi connectivity index (χ4v) is 2.22. The minimum absolute atomic E-state index is 0.0500. The second-order valence-electron chi connectivity index (χ2n) is 4.60. The number of benzene rings is 1. The van der Waals surface area contributed by atoms with E-state index in [0.29, 0.717) is 12.1 Å². The third kappa shape index (κ3) is 2.74. The Balaban J connectivity index is 2.20. The van der Waals surface area contributed by atoms with Crippen molar-refractivity contribution >= 4 is 11.9 Å². The molecule has 0 bridgehead atoms. The van der Waals surface area contributed by atoms with Crippen LogP contribution < -0.4 is 5.73 Å². The number of carbonyl (C=O) groups is 2. The molecule has 1 saturated heterocycles. The smallest absolute Gasteiger partial charge is 0.326 e. The van der Waals surface area contributed by atoms with E-state index in [1.807, 2.05) is 0 Å². The van der Waals surface area contributed by atoms with Crippen LogP contribution in [-0.4, -0.2) is 45.7 Å². The maximum Gasteiger partial charge on any atom is 0.326 e. The van der Waals surface area contributed by atoms with Crippen molar-refractivity contribution in [2.45, 2.75) is 25.1 Å². The van der Waals surface area contributed by atoms with E-state index in [1.165, 1.54) is 4.90 Å². The van der Waals surface area contributed by atoms with Crippen molar-refractivity contribution in [1.29, 1.82) is 0 Å². The number of hydrogen-bond donors (Lipinski definition) is 3. The molecule has 0 unspecified atom stereocenters. The molecule has 1 aliphatic rings. The molecular formula is C13H16N2O4. The average molecular weight is 264 g/mol. The zero-order chi connectivity index (χ0) is 14.0. The van der Waals surface area contributed by atoms with E-state index in [-0.39, 0.29) is 18.9 Å². The van der Waals surface area contributed by atoms with Gasteiger partial charge in [0.1, 0.15) is 6.04 Å². The second kappa shape index (κ2) is 5.38. The molecule has 0 aliphatic carbocycles. The zero-order valence-electron chi connectivity index (χ0n) is 10.3. The van der Waals surface area contributed by atoms with Crippen molar-refractivity contribution in [2.24, 2.45) is 5.73 Å². The summed E-state index contributed by atoms with van der Waals surface area (Å²) in [5, 5.41) is 18.6. The lowest BCUT2D eigenvalue weighted by Gasteiger charge is -2.21. The number of carboxylic acids is 1. The van der Waals surface area contributed by atoms with Crippen molar-refractivity contribution in [3.63, 3.8) is 0 Å². The number of nitrogens with zero attached hydrogens (tertiary/aromatic N) is 1. The first kappa shape index (κ1) is 13.5. The van der Waals surface area contributed by atoms with Crippen LogP contribution in [0.5, 0.6) is 0 Å². The highest BCUT2D eigenvalue weighted by Gasteiger charge is 2.39. The van der Waals surface area contributed by atoms with Gasteiger partial charge in [0.05, 0.1) is 6.10 Å². The summed E-state index contributed by atoms with van der Waals surface area (Å²) in [5.41, 5.74) is 6.77. The van der Waals surface area contributed by atoms with Gasteiger partial charge in [-0.3, -0.25) is 4.79 Å². The Labute approximate surface area is 110 Å². The molecular weight excluding hydrogens is 248 g/mol. The van der Waals surface area contributed by atoms with E-state index in [9.17, 15) is 14.7 Å². The van der Waals surface area contributed by atoms with Gasteiger partial charge in [0.15, 0.2) is 0 Å². The lowest BCUT2D eigenvalue weighted by Crippen LogP contribution is -2.40. The molecule has 102 valence electrons. The molecule has 0 radical (unpaired) electrons. The lowest BCUT2D eigenvalue weighted by atomic mass is 10.1. The first-order valence-corrected chi connectivity index (χ1v) is 6.03. The van der Waals surface area contributed by atoms with Crippen LogP contribution >= 0.6 is 0 Å². The summed E-state index contributed by atoms with van der Waals surface area (Å²) in [6, 6.07) is 5.74. The number of rotatable bonds is 3. The number of aliphatic hydroxyl groups excluding tert-OH is 1. The van der Waals surface area contributed by atoms with Crippen molar-refractivity contribution in [3.8, 4) is 0 Å². The molecule has 4 N–H and O–H groups in total. The molecule has 19 heavy (non-hydrogen) atoms. The summed E-state index contributed by atoms with van der Waals surface area (Å²) in [4.78, 5) is 24.5. The minimum Gasteiger partial charge on any atom is -0.480 e. The Morgan fingerprint density at radius 2 is 1.95 bits per heavy atom. The molecule has 1 amide bonds.